The Morgan fingerprint density at radius 2 is 1.85 bits per heavy atom. The van der Waals surface area contributed by atoms with Crippen molar-refractivity contribution in [1.29, 1.82) is 0 Å². The van der Waals surface area contributed by atoms with Crippen LogP contribution < -0.4 is 5.56 Å². The van der Waals surface area contributed by atoms with Crippen molar-refractivity contribution in [1.82, 2.24) is 15.0 Å². The number of hydrogen-bond donors (Lipinski definition) is 2. The second-order valence-corrected chi connectivity index (χ2v) is 11.6. The molecule has 2 N–H and O–H groups in total. The van der Waals surface area contributed by atoms with Gasteiger partial charge in [-0.2, -0.15) is 0 Å². The molecule has 0 aliphatic heterocycles. The highest BCUT2D eigenvalue weighted by molar-refractivity contribution is 7.22. The fourth-order valence-corrected chi connectivity index (χ4v) is 5.74. The number of pyridine rings is 2. The molecule has 0 saturated heterocycles. The molecule has 9 heteroatoms. The first-order valence-corrected chi connectivity index (χ1v) is 13.5. The van der Waals surface area contributed by atoms with E-state index in [1.165, 1.54) is 11.3 Å². The standard InChI is InChI=1S/C30H26ClN3O4S/c1-16-14-22-26(39-28(34-22)18-11-13-32-21(15-18)20-6-5-12-33-27(20)35)24(17-7-9-19(31)10-8-17)23(16)25(29(36)37)38-30(2,3)4/h5-15,25H,1-4H3,(H,33,35)(H,36,37). The number of aromatic nitrogens is 3. The Balaban J connectivity index is 1.75. The Hall–Kier alpha value is -3.85. The third-order valence-electron chi connectivity index (χ3n) is 6.12. The van der Waals surface area contributed by atoms with Gasteiger partial charge in [0.25, 0.3) is 5.56 Å². The van der Waals surface area contributed by atoms with Crippen LogP contribution >= 0.6 is 22.9 Å². The monoisotopic (exact) mass is 559 g/mol. The Labute approximate surface area is 234 Å². The SMILES string of the molecule is Cc1cc2nc(-c3ccnc(-c4ccc[nH]c4=O)c3)sc2c(-c2ccc(Cl)cc2)c1C(OC(C)(C)C)C(=O)O. The second-order valence-electron chi connectivity index (χ2n) is 10.1. The van der Waals surface area contributed by atoms with Crippen molar-refractivity contribution in [3.05, 3.63) is 93.5 Å². The van der Waals surface area contributed by atoms with E-state index in [1.54, 1.807) is 36.7 Å². The summed E-state index contributed by atoms with van der Waals surface area (Å²) >= 11 is 7.64. The largest absolute Gasteiger partial charge is 0.479 e. The van der Waals surface area contributed by atoms with Crippen LogP contribution in [-0.2, 0) is 9.53 Å². The fraction of sp³-hybridized carbons (Fsp3) is 0.200. The van der Waals surface area contributed by atoms with Gasteiger partial charge in [-0.1, -0.05) is 23.7 Å². The van der Waals surface area contributed by atoms with E-state index in [1.807, 2.05) is 58.0 Å². The van der Waals surface area contributed by atoms with Gasteiger partial charge in [0.05, 0.1) is 27.1 Å². The number of rotatable bonds is 6. The van der Waals surface area contributed by atoms with Crippen molar-refractivity contribution in [2.24, 2.45) is 0 Å². The van der Waals surface area contributed by atoms with Crippen LogP contribution in [0.1, 0.15) is 38.0 Å². The summed E-state index contributed by atoms with van der Waals surface area (Å²) in [6.45, 7) is 7.38. The van der Waals surface area contributed by atoms with Crippen molar-refractivity contribution in [2.75, 3.05) is 0 Å². The molecule has 0 aliphatic carbocycles. The molecule has 5 aromatic rings. The smallest absolute Gasteiger partial charge is 0.337 e. The molecule has 0 bridgehead atoms. The van der Waals surface area contributed by atoms with Gasteiger partial charge in [0.1, 0.15) is 5.01 Å². The number of carbonyl (C=O) groups is 1. The van der Waals surface area contributed by atoms with Crippen molar-refractivity contribution in [2.45, 2.75) is 39.4 Å². The molecule has 1 atom stereocenters. The number of halogens is 1. The minimum absolute atomic E-state index is 0.227. The van der Waals surface area contributed by atoms with Crippen molar-refractivity contribution in [3.63, 3.8) is 0 Å². The molecule has 1 unspecified atom stereocenters. The van der Waals surface area contributed by atoms with E-state index < -0.39 is 17.7 Å². The lowest BCUT2D eigenvalue weighted by Gasteiger charge is -2.28. The van der Waals surface area contributed by atoms with Crippen LogP contribution in [0.2, 0.25) is 5.02 Å². The van der Waals surface area contributed by atoms with Crippen LogP contribution in [0.15, 0.2) is 71.8 Å². The van der Waals surface area contributed by atoms with Gasteiger partial charge in [0.2, 0.25) is 0 Å². The van der Waals surface area contributed by atoms with Crippen LogP contribution in [0.5, 0.6) is 0 Å². The van der Waals surface area contributed by atoms with Gasteiger partial charge in [-0.25, -0.2) is 9.78 Å². The number of nitrogens with one attached hydrogen (secondary N) is 1. The maximum absolute atomic E-state index is 12.5. The Morgan fingerprint density at radius 3 is 2.51 bits per heavy atom. The molecule has 0 radical (unpaired) electrons. The summed E-state index contributed by atoms with van der Waals surface area (Å²) in [5, 5.41) is 11.6. The van der Waals surface area contributed by atoms with E-state index in [0.29, 0.717) is 21.8 Å². The number of aromatic amines is 1. The number of aliphatic carboxylic acids is 1. The van der Waals surface area contributed by atoms with Gasteiger partial charge in [-0.05, 0) is 81.3 Å². The molecule has 3 aromatic heterocycles. The normalized spacial score (nSPS) is 12.5. The summed E-state index contributed by atoms with van der Waals surface area (Å²) in [5.74, 6) is -1.07. The van der Waals surface area contributed by atoms with Crippen molar-refractivity contribution in [3.8, 4) is 33.0 Å². The molecule has 2 aromatic carbocycles. The molecule has 0 spiro atoms. The molecule has 7 nitrogen and oxygen atoms in total. The molecular weight excluding hydrogens is 534 g/mol. The average Bonchev–Trinajstić information content (AvgIpc) is 3.31. The molecule has 0 aliphatic rings. The lowest BCUT2D eigenvalue weighted by molar-refractivity contribution is -0.160. The summed E-state index contributed by atoms with van der Waals surface area (Å²) in [5.41, 5.74) is 4.50. The Morgan fingerprint density at radius 1 is 1.10 bits per heavy atom. The molecule has 39 heavy (non-hydrogen) atoms. The van der Waals surface area contributed by atoms with E-state index in [9.17, 15) is 14.7 Å². The van der Waals surface area contributed by atoms with E-state index in [2.05, 4.69) is 9.97 Å². The zero-order valence-corrected chi connectivity index (χ0v) is 23.4. The Bertz CT molecular complexity index is 1750. The molecule has 0 fully saturated rings. The number of H-pyrrole nitrogens is 1. The van der Waals surface area contributed by atoms with Gasteiger partial charge in [-0.15, -0.1) is 11.3 Å². The van der Waals surface area contributed by atoms with Crippen molar-refractivity contribution < 1.29 is 14.6 Å². The van der Waals surface area contributed by atoms with Crippen LogP contribution in [0.4, 0.5) is 0 Å². The number of benzene rings is 2. The minimum Gasteiger partial charge on any atom is -0.479 e. The van der Waals surface area contributed by atoms with Gasteiger partial charge < -0.3 is 14.8 Å². The zero-order valence-electron chi connectivity index (χ0n) is 21.8. The van der Waals surface area contributed by atoms with Gasteiger partial charge in [0, 0.05) is 34.1 Å². The first kappa shape index (κ1) is 26.7. The molecule has 0 saturated carbocycles. The maximum Gasteiger partial charge on any atom is 0.337 e. The minimum atomic E-state index is -1.19. The van der Waals surface area contributed by atoms with Gasteiger partial charge in [-0.3, -0.25) is 9.78 Å². The van der Waals surface area contributed by atoms with Crippen LogP contribution in [0, 0.1) is 6.92 Å². The number of hydrogen-bond acceptors (Lipinski definition) is 6. The van der Waals surface area contributed by atoms with Crippen LogP contribution in [0.25, 0.3) is 43.2 Å². The highest BCUT2D eigenvalue weighted by atomic mass is 35.5. The molecule has 5 rings (SSSR count). The number of thiazole rings is 1. The lowest BCUT2D eigenvalue weighted by atomic mass is 9.91. The topological polar surface area (TPSA) is 105 Å². The molecular formula is C30H26ClN3O4S. The number of ether oxygens (including phenoxy) is 1. The van der Waals surface area contributed by atoms with E-state index >= 15 is 0 Å². The number of fused-ring (bicyclic) bond motifs is 1. The van der Waals surface area contributed by atoms with Crippen LogP contribution in [0.3, 0.4) is 0 Å². The fourth-order valence-electron chi connectivity index (χ4n) is 4.50. The first-order chi connectivity index (χ1) is 18.5. The number of aryl methyl sites for hydroxylation is 1. The van der Waals surface area contributed by atoms with E-state index in [4.69, 9.17) is 21.3 Å². The lowest BCUT2D eigenvalue weighted by Crippen LogP contribution is -2.28. The summed E-state index contributed by atoms with van der Waals surface area (Å²) in [4.78, 5) is 36.9. The predicted molar refractivity (Wildman–Crippen MR) is 155 cm³/mol. The predicted octanol–water partition coefficient (Wildman–Crippen LogP) is 7.28. The summed E-state index contributed by atoms with van der Waals surface area (Å²) in [6.07, 6.45) is 2.04. The maximum atomic E-state index is 12.5. The highest BCUT2D eigenvalue weighted by Crippen LogP contribution is 2.44. The molecule has 198 valence electrons. The number of carboxylic acids is 1. The van der Waals surface area contributed by atoms with Crippen LogP contribution in [-0.4, -0.2) is 31.6 Å². The average molecular weight is 560 g/mol. The molecule has 3 heterocycles. The summed E-state index contributed by atoms with van der Waals surface area (Å²) in [7, 11) is 0. The third kappa shape index (κ3) is 5.49. The van der Waals surface area contributed by atoms with E-state index in [-0.39, 0.29) is 5.56 Å². The highest BCUT2D eigenvalue weighted by Gasteiger charge is 2.32. The van der Waals surface area contributed by atoms with Crippen molar-refractivity contribution >= 4 is 39.1 Å². The first-order valence-electron chi connectivity index (χ1n) is 12.3. The molecule has 0 amide bonds. The number of nitrogens with zero attached hydrogens (tertiary/aromatic N) is 2. The summed E-state index contributed by atoms with van der Waals surface area (Å²) in [6, 6.07) is 16.4. The Kier molecular flexibility index (Phi) is 7.11. The van der Waals surface area contributed by atoms with Gasteiger partial charge in [0.15, 0.2) is 6.10 Å². The summed E-state index contributed by atoms with van der Waals surface area (Å²) < 4.78 is 6.91. The zero-order chi connectivity index (χ0) is 27.9. The van der Waals surface area contributed by atoms with Gasteiger partial charge >= 0.3 is 5.97 Å². The van der Waals surface area contributed by atoms with E-state index in [0.717, 1.165) is 37.5 Å². The number of carboxylic acid groups (broad SMARTS) is 1. The third-order valence-corrected chi connectivity index (χ3v) is 7.51. The quantitative estimate of drug-likeness (QED) is 0.226. The second kappa shape index (κ2) is 10.4.